The van der Waals surface area contributed by atoms with Crippen LogP contribution in [0, 0.1) is 0 Å². The molecule has 0 aliphatic carbocycles. The first-order valence-corrected chi connectivity index (χ1v) is 6.84. The first kappa shape index (κ1) is 13.1. The van der Waals surface area contributed by atoms with E-state index in [-0.39, 0.29) is 0 Å². The molecule has 2 heteroatoms. The summed E-state index contributed by atoms with van der Waals surface area (Å²) in [6.45, 7) is 0. The Balaban J connectivity index is 0.000000143. The Morgan fingerprint density at radius 3 is 1.57 bits per heavy atom. The second-order valence-corrected chi connectivity index (χ2v) is 4.74. The van der Waals surface area contributed by atoms with Crippen molar-refractivity contribution in [1.29, 1.82) is 0 Å². The third-order valence-corrected chi connectivity index (χ3v) is 3.35. The van der Waals surface area contributed by atoms with Crippen molar-refractivity contribution in [3.8, 4) is 0 Å². The number of para-hydroxylation sites is 2. The molecule has 1 heterocycles. The maximum absolute atomic E-state index is 10.0. The van der Waals surface area contributed by atoms with Gasteiger partial charge in [-0.2, -0.15) is 0 Å². The zero-order valence-corrected chi connectivity index (χ0v) is 11.5. The van der Waals surface area contributed by atoms with Crippen LogP contribution in [0.4, 0.5) is 0 Å². The van der Waals surface area contributed by atoms with E-state index in [0.717, 1.165) is 11.8 Å². The second-order valence-electron chi connectivity index (χ2n) is 4.74. The van der Waals surface area contributed by atoms with E-state index in [2.05, 4.69) is 53.5 Å². The molecular formula is C19H15NO. The maximum Gasteiger partial charge on any atom is 0.150 e. The molecule has 4 aromatic rings. The standard InChI is InChI=1S/C12H9N.C7H6O/c1-3-7-11-9(5-1)10-6-2-4-8-12(10)13-11;8-6-7-4-2-1-3-5-7/h1-8,13H;1-6H. The minimum absolute atomic E-state index is 0.729. The van der Waals surface area contributed by atoms with Crippen LogP contribution in [0.5, 0.6) is 0 Å². The lowest BCUT2D eigenvalue weighted by Gasteiger charge is -1.87. The van der Waals surface area contributed by atoms with Gasteiger partial charge in [-0.15, -0.1) is 0 Å². The highest BCUT2D eigenvalue weighted by molar-refractivity contribution is 6.06. The van der Waals surface area contributed by atoms with E-state index in [4.69, 9.17) is 0 Å². The maximum atomic E-state index is 10.0. The molecule has 0 bridgehead atoms. The summed E-state index contributed by atoms with van der Waals surface area (Å²) in [6.07, 6.45) is 0.833. The number of hydrogen-bond acceptors (Lipinski definition) is 1. The minimum atomic E-state index is 0.729. The summed E-state index contributed by atoms with van der Waals surface area (Å²) >= 11 is 0. The zero-order valence-electron chi connectivity index (χ0n) is 11.5. The highest BCUT2D eigenvalue weighted by Gasteiger charge is 2.00. The van der Waals surface area contributed by atoms with Crippen LogP contribution in [0.1, 0.15) is 10.4 Å². The first-order valence-electron chi connectivity index (χ1n) is 6.84. The molecule has 0 radical (unpaired) electrons. The normalized spacial score (nSPS) is 10.1. The molecule has 0 spiro atoms. The highest BCUT2D eigenvalue weighted by Crippen LogP contribution is 2.24. The smallest absolute Gasteiger partial charge is 0.150 e. The zero-order chi connectivity index (χ0) is 14.5. The molecule has 102 valence electrons. The monoisotopic (exact) mass is 273 g/mol. The van der Waals surface area contributed by atoms with E-state index in [1.165, 1.54) is 21.8 Å². The first-order chi connectivity index (χ1) is 10.4. The van der Waals surface area contributed by atoms with Crippen LogP contribution in [0.3, 0.4) is 0 Å². The number of benzene rings is 3. The fourth-order valence-corrected chi connectivity index (χ4v) is 2.33. The van der Waals surface area contributed by atoms with Gasteiger partial charge in [0.1, 0.15) is 6.29 Å². The van der Waals surface area contributed by atoms with Gasteiger partial charge in [0.15, 0.2) is 0 Å². The summed E-state index contributed by atoms with van der Waals surface area (Å²) in [6, 6.07) is 25.9. The van der Waals surface area contributed by atoms with Gasteiger partial charge in [0.2, 0.25) is 0 Å². The van der Waals surface area contributed by atoms with E-state index in [9.17, 15) is 4.79 Å². The van der Waals surface area contributed by atoms with E-state index >= 15 is 0 Å². The molecule has 0 aliphatic rings. The number of aldehydes is 1. The number of rotatable bonds is 1. The number of fused-ring (bicyclic) bond motifs is 3. The predicted molar refractivity (Wildman–Crippen MR) is 87.6 cm³/mol. The van der Waals surface area contributed by atoms with Gasteiger partial charge in [0, 0.05) is 27.4 Å². The number of aromatic nitrogens is 1. The lowest BCUT2D eigenvalue weighted by Crippen LogP contribution is -1.73. The van der Waals surface area contributed by atoms with Crippen molar-refractivity contribution in [1.82, 2.24) is 4.98 Å². The molecule has 0 saturated heterocycles. The molecule has 0 fully saturated rings. The van der Waals surface area contributed by atoms with Crippen LogP contribution in [0.2, 0.25) is 0 Å². The van der Waals surface area contributed by atoms with Gasteiger partial charge < -0.3 is 4.98 Å². The van der Waals surface area contributed by atoms with E-state index < -0.39 is 0 Å². The third-order valence-electron chi connectivity index (χ3n) is 3.35. The topological polar surface area (TPSA) is 32.9 Å². The fraction of sp³-hybridized carbons (Fsp3) is 0. The van der Waals surface area contributed by atoms with Crippen molar-refractivity contribution in [2.75, 3.05) is 0 Å². The molecule has 2 nitrogen and oxygen atoms in total. The number of hydrogen-bond donors (Lipinski definition) is 1. The van der Waals surface area contributed by atoms with Gasteiger partial charge in [-0.05, 0) is 12.1 Å². The third kappa shape index (κ3) is 2.84. The molecule has 3 aromatic carbocycles. The van der Waals surface area contributed by atoms with Crippen molar-refractivity contribution in [3.05, 3.63) is 84.4 Å². The molecule has 21 heavy (non-hydrogen) atoms. The van der Waals surface area contributed by atoms with Crippen molar-refractivity contribution in [3.63, 3.8) is 0 Å². The van der Waals surface area contributed by atoms with Gasteiger partial charge in [-0.1, -0.05) is 66.7 Å². The number of carbonyl (C=O) groups excluding carboxylic acids is 1. The summed E-state index contributed by atoms with van der Waals surface area (Å²) in [5, 5.41) is 2.61. The molecule has 0 aliphatic heterocycles. The Hall–Kier alpha value is -2.87. The van der Waals surface area contributed by atoms with Gasteiger partial charge in [0.25, 0.3) is 0 Å². The van der Waals surface area contributed by atoms with Crippen LogP contribution < -0.4 is 0 Å². The Bertz CT molecular complexity index is 812. The van der Waals surface area contributed by atoms with Gasteiger partial charge >= 0.3 is 0 Å². The molecular weight excluding hydrogens is 258 g/mol. The lowest BCUT2D eigenvalue weighted by molar-refractivity contribution is 0.112. The number of aromatic amines is 1. The quantitative estimate of drug-likeness (QED) is 0.495. The Morgan fingerprint density at radius 2 is 1.10 bits per heavy atom. The summed E-state index contributed by atoms with van der Waals surface area (Å²) < 4.78 is 0. The van der Waals surface area contributed by atoms with Gasteiger partial charge in [-0.25, -0.2) is 0 Å². The Labute approximate surface area is 123 Å². The summed E-state index contributed by atoms with van der Waals surface area (Å²) in [5.74, 6) is 0. The van der Waals surface area contributed by atoms with E-state index in [1.54, 1.807) is 12.1 Å². The molecule has 0 amide bonds. The number of carbonyl (C=O) groups is 1. The van der Waals surface area contributed by atoms with Crippen molar-refractivity contribution in [2.24, 2.45) is 0 Å². The van der Waals surface area contributed by atoms with Crippen LogP contribution in [0.25, 0.3) is 21.8 Å². The van der Waals surface area contributed by atoms with Crippen LogP contribution >= 0.6 is 0 Å². The van der Waals surface area contributed by atoms with Gasteiger partial charge in [0.05, 0.1) is 0 Å². The summed E-state index contributed by atoms with van der Waals surface area (Å²) in [7, 11) is 0. The highest BCUT2D eigenvalue weighted by atomic mass is 16.1. The Kier molecular flexibility index (Phi) is 3.79. The van der Waals surface area contributed by atoms with E-state index in [0.29, 0.717) is 0 Å². The molecule has 1 N–H and O–H groups in total. The predicted octanol–water partition coefficient (Wildman–Crippen LogP) is 4.82. The SMILES string of the molecule is O=Cc1ccccc1.c1ccc2c(c1)[nH]c1ccccc12. The molecule has 0 atom stereocenters. The molecule has 0 saturated carbocycles. The average molecular weight is 273 g/mol. The number of nitrogens with one attached hydrogen (secondary N) is 1. The lowest BCUT2D eigenvalue weighted by atomic mass is 10.2. The second kappa shape index (κ2) is 6.06. The number of H-pyrrole nitrogens is 1. The van der Waals surface area contributed by atoms with Crippen molar-refractivity contribution in [2.45, 2.75) is 0 Å². The van der Waals surface area contributed by atoms with Crippen LogP contribution in [-0.2, 0) is 0 Å². The minimum Gasteiger partial charge on any atom is -0.355 e. The summed E-state index contributed by atoms with van der Waals surface area (Å²) in [4.78, 5) is 13.4. The molecule has 4 rings (SSSR count). The van der Waals surface area contributed by atoms with Crippen molar-refractivity contribution >= 4 is 28.1 Å². The largest absolute Gasteiger partial charge is 0.355 e. The molecule has 1 aromatic heterocycles. The Morgan fingerprint density at radius 1 is 0.619 bits per heavy atom. The molecule has 0 unspecified atom stereocenters. The van der Waals surface area contributed by atoms with Gasteiger partial charge in [-0.3, -0.25) is 4.79 Å². The fourth-order valence-electron chi connectivity index (χ4n) is 2.33. The van der Waals surface area contributed by atoms with Crippen LogP contribution in [0.15, 0.2) is 78.9 Å². The average Bonchev–Trinajstić information content (AvgIpc) is 2.95. The van der Waals surface area contributed by atoms with Crippen molar-refractivity contribution < 1.29 is 4.79 Å². The summed E-state index contributed by atoms with van der Waals surface area (Å²) in [5.41, 5.74) is 3.15. The van der Waals surface area contributed by atoms with E-state index in [1.807, 2.05) is 18.2 Å². The van der Waals surface area contributed by atoms with Crippen LogP contribution in [-0.4, -0.2) is 11.3 Å².